The van der Waals surface area contributed by atoms with Gasteiger partial charge in [0.25, 0.3) is 21.6 Å². The van der Waals surface area contributed by atoms with Crippen molar-refractivity contribution in [3.63, 3.8) is 0 Å². The molecule has 1 spiro atoms. The van der Waals surface area contributed by atoms with Crippen molar-refractivity contribution in [3.05, 3.63) is 99.7 Å². The van der Waals surface area contributed by atoms with Crippen molar-refractivity contribution in [1.82, 2.24) is 19.6 Å². The largest absolute Gasteiger partial charge is 0.489 e. The van der Waals surface area contributed by atoms with Crippen LogP contribution in [0.4, 0.5) is 28.4 Å². The van der Waals surface area contributed by atoms with E-state index in [-0.39, 0.29) is 53.2 Å². The smallest absolute Gasteiger partial charge is 0.470 e. The number of carbonyl (C=O) groups is 1. The number of rotatable bonds is 13. The van der Waals surface area contributed by atoms with E-state index in [0.29, 0.717) is 79.6 Å². The number of H-pyrrole nitrogens is 1. The molecule has 434 valence electrons. The number of piperidine rings is 2. The maximum atomic E-state index is 14.9. The second-order valence-corrected chi connectivity index (χ2v) is 27.4. The fourth-order valence-electron chi connectivity index (χ4n) is 14.4. The zero-order valence-corrected chi connectivity index (χ0v) is 48.2. The average Bonchev–Trinajstić information content (AvgIpc) is 4.11. The van der Waals surface area contributed by atoms with Crippen LogP contribution in [0.25, 0.3) is 11.0 Å². The van der Waals surface area contributed by atoms with Crippen LogP contribution >= 0.6 is 7.82 Å². The highest BCUT2D eigenvalue weighted by Gasteiger charge is 2.52. The summed E-state index contributed by atoms with van der Waals surface area (Å²) in [7, 11) is -7.68. The topological polar surface area (TPSA) is 260 Å². The van der Waals surface area contributed by atoms with Crippen LogP contribution in [0.5, 0.6) is 11.6 Å². The van der Waals surface area contributed by atoms with Gasteiger partial charge in [-0.25, -0.2) is 17.7 Å². The Balaban J connectivity index is 0.818. The first-order valence-corrected chi connectivity index (χ1v) is 31.5. The Morgan fingerprint density at radius 2 is 1.70 bits per heavy atom. The Hall–Kier alpha value is -5.84. The van der Waals surface area contributed by atoms with Gasteiger partial charge in [-0.3, -0.25) is 24.3 Å². The molecule has 5 aromatic rings. The molecule has 2 aliphatic carbocycles. The van der Waals surface area contributed by atoms with Crippen LogP contribution in [0.15, 0.2) is 77.8 Å². The van der Waals surface area contributed by atoms with Gasteiger partial charge in [-0.1, -0.05) is 38.1 Å². The molecule has 12 rings (SSSR count). The van der Waals surface area contributed by atoms with Gasteiger partial charge in [0.1, 0.15) is 24.0 Å². The van der Waals surface area contributed by atoms with Gasteiger partial charge in [-0.15, -0.1) is 0 Å². The molecule has 2 aromatic heterocycles. The maximum absolute atomic E-state index is 14.9. The molecular weight excluding hydrogens is 1080 g/mol. The minimum atomic E-state index is -4.79. The third kappa shape index (κ3) is 10.8. The number of likely N-dealkylation sites (tertiary alicyclic amines) is 1. The fraction of sp³-hybridized carbons (Fsp3) is 0.552. The Morgan fingerprint density at radius 3 is 2.43 bits per heavy atom. The molecule has 2 saturated carbocycles. The highest BCUT2D eigenvalue weighted by Crippen LogP contribution is 2.56. The van der Waals surface area contributed by atoms with Gasteiger partial charge in [-0.2, -0.15) is 4.98 Å². The molecule has 0 unspecified atom stereocenters. The summed E-state index contributed by atoms with van der Waals surface area (Å²) in [5.41, 5.74) is 3.84. The minimum Gasteiger partial charge on any atom is -0.489 e. The lowest BCUT2D eigenvalue weighted by Crippen LogP contribution is -2.60. The number of aromatic nitrogens is 2. The van der Waals surface area contributed by atoms with Crippen molar-refractivity contribution < 1.29 is 56.0 Å². The molecule has 0 radical (unpaired) electrons. The first-order chi connectivity index (χ1) is 38.6. The number of methoxy groups -OCH3 is 1. The number of benzene rings is 3. The molecule has 7 aliphatic rings. The van der Waals surface area contributed by atoms with Crippen LogP contribution in [-0.2, 0) is 28.6 Å². The standard InChI is InChI=1S/C58H73N8O13PS/c1-35(2)41-8-6-7-9-42(41)45-14-19-57(4,75-5)34-64(45)39-30-58(31-39)20-23-63(24-21-58)38-10-11-43(47(27-38)65-46-16-25-76-33-51(46)78-55-49(65)26-37-15-22-59-53(37)61-55)54(67)62-81(73,74)40-28-48(66(68)69)52-50(29-40)77-32-44(60-52)36-12-17-56(3,18-13-36)79-80(70,71)72/h6-11,15,22,26-29,35-36,39,44-46,51,60H,12-14,16-21,23-25,30-34H2,1-5H3,(H,59,61)(H,62,67)(H2,70,71,72)/t36?,44-,45+,46+,51+,56?,57+/m1/s1. The number of nitro groups is 1. The van der Waals surface area contributed by atoms with E-state index in [1.165, 1.54) is 17.2 Å². The first-order valence-electron chi connectivity index (χ1n) is 28.5. The summed E-state index contributed by atoms with van der Waals surface area (Å²) in [6.07, 6.45) is 9.75. The number of nitrogens with zero attached hydrogens (tertiary/aromatic N) is 5. The molecule has 7 heterocycles. The van der Waals surface area contributed by atoms with Gasteiger partial charge >= 0.3 is 7.82 Å². The number of phosphoric acid groups is 1. The van der Waals surface area contributed by atoms with Crippen molar-refractivity contribution in [1.29, 1.82) is 0 Å². The Labute approximate surface area is 471 Å². The first kappa shape index (κ1) is 55.7. The molecule has 5 atom stereocenters. The van der Waals surface area contributed by atoms with Crippen LogP contribution in [0.1, 0.15) is 132 Å². The molecule has 5 aliphatic heterocycles. The number of nitro benzene ring substituents is 1. The van der Waals surface area contributed by atoms with Gasteiger partial charge in [0.2, 0.25) is 5.88 Å². The van der Waals surface area contributed by atoms with Crippen molar-refractivity contribution >= 4 is 63.2 Å². The number of hydrogen-bond donors (Lipinski definition) is 5. The monoisotopic (exact) mass is 1150 g/mol. The van der Waals surface area contributed by atoms with E-state index in [9.17, 15) is 37.7 Å². The predicted octanol–water partition coefficient (Wildman–Crippen LogP) is 9.62. The summed E-state index contributed by atoms with van der Waals surface area (Å²) in [6, 6.07) is 20.4. The highest BCUT2D eigenvalue weighted by molar-refractivity contribution is 7.90. The second kappa shape index (κ2) is 21.1. The van der Waals surface area contributed by atoms with E-state index >= 15 is 0 Å². The van der Waals surface area contributed by atoms with Crippen molar-refractivity contribution in [2.24, 2.45) is 11.3 Å². The number of amides is 1. The lowest BCUT2D eigenvalue weighted by atomic mass is 9.59. The van der Waals surface area contributed by atoms with E-state index in [4.69, 9.17) is 28.5 Å². The molecule has 81 heavy (non-hydrogen) atoms. The zero-order chi connectivity index (χ0) is 56.8. The van der Waals surface area contributed by atoms with E-state index in [1.807, 2.05) is 31.4 Å². The summed E-state index contributed by atoms with van der Waals surface area (Å²) >= 11 is 0. The third-order valence-electron chi connectivity index (χ3n) is 19.0. The molecule has 5 N–H and O–H groups in total. The van der Waals surface area contributed by atoms with Crippen molar-refractivity contribution in [2.45, 2.75) is 151 Å². The number of carbonyl (C=O) groups excluding carboxylic acids is 1. The van der Waals surface area contributed by atoms with Crippen LogP contribution in [0.3, 0.4) is 0 Å². The normalized spacial score (nSPS) is 27.8. The van der Waals surface area contributed by atoms with Gasteiger partial charge < -0.3 is 48.8 Å². The number of anilines is 4. The number of phosphoric ester groups is 1. The SMILES string of the molecule is CO[C@@]1(C)CC[C@@H](c2ccccc2C(C)C)N(C2CC3(CCN(c4ccc(C(=O)NS(=O)(=O)c5cc6c(c([N+](=O)[O-])c5)N[C@@H](C5CCC(C)(OP(=O)(O)O)CC5)CO6)c(N5c6cc7cc[nH]c7nc6O[C@H]6COCC[C@@H]65)c4)CC3)C2)C1. The lowest BCUT2D eigenvalue weighted by molar-refractivity contribution is -0.384. The Kier molecular flexibility index (Phi) is 14.5. The van der Waals surface area contributed by atoms with Crippen molar-refractivity contribution in [3.8, 4) is 11.6 Å². The van der Waals surface area contributed by atoms with Crippen LogP contribution < -0.4 is 29.3 Å². The molecule has 1 amide bonds. The molecule has 23 heteroatoms. The van der Waals surface area contributed by atoms with Gasteiger partial charge in [0, 0.05) is 74.8 Å². The number of ether oxygens (including phenoxy) is 4. The molecule has 21 nitrogen and oxygen atoms in total. The fourth-order valence-corrected chi connectivity index (χ4v) is 16.1. The van der Waals surface area contributed by atoms with E-state index in [1.54, 1.807) is 19.2 Å². The molecule has 3 saturated heterocycles. The molecule has 0 bridgehead atoms. The van der Waals surface area contributed by atoms with Gasteiger partial charge in [0.05, 0.1) is 51.0 Å². The number of nitrogens with one attached hydrogen (secondary N) is 3. The quantitative estimate of drug-likeness (QED) is 0.0417. The Bertz CT molecular complexity index is 3400. The summed E-state index contributed by atoms with van der Waals surface area (Å²) in [4.78, 5) is 60.5. The number of hydrogen-bond acceptors (Lipinski definition) is 16. The summed E-state index contributed by atoms with van der Waals surface area (Å²) in [5.74, 6) is -0.347. The average molecular weight is 1150 g/mol. The predicted molar refractivity (Wildman–Crippen MR) is 304 cm³/mol. The number of aromatic amines is 1. The summed E-state index contributed by atoms with van der Waals surface area (Å²) in [6.45, 7) is 11.6. The number of pyridine rings is 1. The van der Waals surface area contributed by atoms with E-state index in [0.717, 1.165) is 75.3 Å². The van der Waals surface area contributed by atoms with Crippen LogP contribution in [-0.4, -0.2) is 126 Å². The third-order valence-corrected chi connectivity index (χ3v) is 20.9. The van der Waals surface area contributed by atoms with E-state index < -0.39 is 57.0 Å². The summed E-state index contributed by atoms with van der Waals surface area (Å²) in [5, 5.41) is 16.7. The van der Waals surface area contributed by atoms with Crippen LogP contribution in [0, 0.1) is 21.4 Å². The molecular formula is C58H73N8O13PS. The minimum absolute atomic E-state index is 0.00405. The number of sulfonamides is 1. The van der Waals surface area contributed by atoms with E-state index in [2.05, 4.69) is 74.8 Å². The second-order valence-electron chi connectivity index (χ2n) is 24.5. The lowest BCUT2D eigenvalue weighted by Gasteiger charge is -2.59. The maximum Gasteiger partial charge on any atom is 0.470 e. The van der Waals surface area contributed by atoms with Gasteiger partial charge in [-0.05, 0) is 143 Å². The Morgan fingerprint density at radius 1 is 0.951 bits per heavy atom. The molecule has 3 aromatic carbocycles. The molecule has 5 fully saturated rings. The van der Waals surface area contributed by atoms with Crippen LogP contribution in [0.2, 0.25) is 0 Å². The zero-order valence-electron chi connectivity index (χ0n) is 46.5. The number of fused-ring (bicyclic) bond motifs is 4. The highest BCUT2D eigenvalue weighted by atomic mass is 32.2. The van der Waals surface area contributed by atoms with Gasteiger partial charge in [0.15, 0.2) is 11.4 Å². The van der Waals surface area contributed by atoms with Crippen molar-refractivity contribution in [2.75, 3.05) is 61.7 Å². The summed E-state index contributed by atoms with van der Waals surface area (Å²) < 4.78 is 72.7.